The van der Waals surface area contributed by atoms with Gasteiger partial charge in [-0.1, -0.05) is 60.7 Å². The van der Waals surface area contributed by atoms with Crippen LogP contribution < -0.4 is 13.9 Å². The first kappa shape index (κ1) is 49.5. The van der Waals surface area contributed by atoms with Crippen LogP contribution in [0.5, 0.6) is 0 Å². The molecule has 1 N–H and O–H groups in total. The molecule has 62 heavy (non-hydrogen) atoms. The van der Waals surface area contributed by atoms with E-state index in [1.807, 2.05) is 24.3 Å². The molecule has 0 bridgehead atoms. The summed E-state index contributed by atoms with van der Waals surface area (Å²) in [4.78, 5) is 37.3. The Morgan fingerprint density at radius 1 is 0.613 bits per heavy atom. The molecule has 0 spiro atoms. The van der Waals surface area contributed by atoms with Crippen molar-refractivity contribution in [3.05, 3.63) is 131 Å². The molecule has 0 atom stereocenters. The highest BCUT2D eigenvalue weighted by Crippen LogP contribution is 2.30. The number of amides is 1. The Kier molecular flexibility index (Phi) is 17.8. The number of carbonyl (C=O) groups excluding carboxylic acids is 3. The molecule has 0 saturated carbocycles. The molecule has 14 nitrogen and oxygen atoms in total. The van der Waals surface area contributed by atoms with E-state index in [0.717, 1.165) is 11.1 Å². The van der Waals surface area contributed by atoms with Crippen LogP contribution in [0.4, 0.5) is 16.2 Å². The third-order valence-electron chi connectivity index (χ3n) is 10.3. The van der Waals surface area contributed by atoms with Gasteiger partial charge in [0.1, 0.15) is 5.60 Å². The Labute approximate surface area is 372 Å². The van der Waals surface area contributed by atoms with Crippen molar-refractivity contribution in [1.29, 1.82) is 0 Å². The van der Waals surface area contributed by atoms with E-state index in [1.165, 1.54) is 22.8 Å². The fraction of sp³-hybridized carbons (Fsp3) is 0.400. The quantitative estimate of drug-likeness (QED) is 0.113. The fourth-order valence-corrected chi connectivity index (χ4v) is 10.9. The van der Waals surface area contributed by atoms with Gasteiger partial charge < -0.3 is 24.4 Å². The standard InChI is InChI=1S/C25H32N2O6S.C20H24N2O4S.ClH/c1-25(2,3)33-24(29)26-16-14-22(15-17-26)34(30,31)27(21-8-6-5-7-9-21)18-19-10-12-20(13-11-19)23(28)32-4;1-26-20(23)17-9-7-16(8-10-17)15-22(18-5-3-2-4-6-18)27(24,25)19-11-13-21-14-12-19;/h5-13,22H,14-18H2,1-4H3;2-10,19,21H,11-15H2,1H3;1H. The van der Waals surface area contributed by atoms with Crippen LogP contribution in [-0.2, 0) is 47.3 Å². The van der Waals surface area contributed by atoms with Gasteiger partial charge in [-0.15, -0.1) is 12.4 Å². The summed E-state index contributed by atoms with van der Waals surface area (Å²) in [5.74, 6) is -0.861. The summed E-state index contributed by atoms with van der Waals surface area (Å²) in [5, 5.41) is 2.19. The molecule has 4 aromatic rings. The van der Waals surface area contributed by atoms with Gasteiger partial charge in [0.2, 0.25) is 20.0 Å². The summed E-state index contributed by atoms with van der Waals surface area (Å²) in [7, 11) is -4.59. The summed E-state index contributed by atoms with van der Waals surface area (Å²) in [6.07, 6.45) is 1.44. The number of halogens is 1. The predicted octanol–water partition coefficient (Wildman–Crippen LogP) is 7.19. The Balaban J connectivity index is 0.000000275. The molecule has 2 heterocycles. The number of rotatable bonds is 12. The number of benzene rings is 4. The number of likely N-dealkylation sites (tertiary alicyclic amines) is 1. The minimum absolute atomic E-state index is 0. The molecular weight excluding hydrogens is 856 g/mol. The van der Waals surface area contributed by atoms with Gasteiger partial charge in [-0.2, -0.15) is 0 Å². The Morgan fingerprint density at radius 2 is 0.984 bits per heavy atom. The molecular formula is C45H57ClN4O10S2. The average molecular weight is 914 g/mol. The van der Waals surface area contributed by atoms with E-state index >= 15 is 0 Å². The van der Waals surface area contributed by atoms with E-state index in [4.69, 9.17) is 14.2 Å². The number of esters is 2. The van der Waals surface area contributed by atoms with Crippen LogP contribution in [0.2, 0.25) is 0 Å². The predicted molar refractivity (Wildman–Crippen MR) is 243 cm³/mol. The zero-order chi connectivity index (χ0) is 44.2. The highest BCUT2D eigenvalue weighted by atomic mass is 35.5. The third-order valence-corrected chi connectivity index (χ3v) is 14.9. The Morgan fingerprint density at radius 3 is 1.34 bits per heavy atom. The monoisotopic (exact) mass is 912 g/mol. The zero-order valence-electron chi connectivity index (χ0n) is 35.8. The minimum atomic E-state index is -3.73. The van der Waals surface area contributed by atoms with Crippen LogP contribution in [0, 0.1) is 0 Å². The molecule has 336 valence electrons. The number of para-hydroxylation sites is 2. The first-order chi connectivity index (χ1) is 29.0. The molecule has 0 unspecified atom stereocenters. The van der Waals surface area contributed by atoms with E-state index < -0.39 is 54.2 Å². The summed E-state index contributed by atoms with van der Waals surface area (Å²) in [6.45, 7) is 7.80. The van der Waals surface area contributed by atoms with Crippen molar-refractivity contribution in [3.8, 4) is 0 Å². The number of methoxy groups -OCH3 is 2. The van der Waals surface area contributed by atoms with Gasteiger partial charge in [0, 0.05) is 13.1 Å². The lowest BCUT2D eigenvalue weighted by Gasteiger charge is -2.36. The molecule has 17 heteroatoms. The molecule has 0 radical (unpaired) electrons. The van der Waals surface area contributed by atoms with Crippen LogP contribution >= 0.6 is 12.4 Å². The number of hydrogen-bond acceptors (Lipinski definition) is 11. The van der Waals surface area contributed by atoms with Crippen molar-refractivity contribution >= 4 is 61.9 Å². The van der Waals surface area contributed by atoms with Crippen molar-refractivity contribution in [2.45, 2.75) is 75.6 Å². The molecule has 2 aliphatic heterocycles. The molecule has 4 aromatic carbocycles. The SMILES string of the molecule is COC(=O)c1ccc(CN(c2ccccc2)S(=O)(=O)C2CCN(C(=O)OC(C)(C)C)CC2)cc1.COC(=O)c1ccc(CN(c2ccccc2)S(=O)(=O)C2CCNCC2)cc1.Cl. The molecule has 2 saturated heterocycles. The number of nitrogens with zero attached hydrogens (tertiary/aromatic N) is 3. The first-order valence-corrected chi connectivity index (χ1v) is 23.2. The molecule has 1 amide bonds. The summed E-state index contributed by atoms with van der Waals surface area (Å²) >= 11 is 0. The zero-order valence-corrected chi connectivity index (χ0v) is 38.2. The van der Waals surface area contributed by atoms with Crippen molar-refractivity contribution in [2.75, 3.05) is 49.0 Å². The first-order valence-electron chi connectivity index (χ1n) is 20.2. The molecule has 0 aromatic heterocycles. The highest BCUT2D eigenvalue weighted by molar-refractivity contribution is 7.93. The average Bonchev–Trinajstić information content (AvgIpc) is 3.27. The lowest BCUT2D eigenvalue weighted by Crippen LogP contribution is -2.48. The lowest BCUT2D eigenvalue weighted by molar-refractivity contribution is 0.0217. The van der Waals surface area contributed by atoms with Crippen molar-refractivity contribution in [3.63, 3.8) is 0 Å². The van der Waals surface area contributed by atoms with E-state index in [0.29, 0.717) is 74.4 Å². The maximum atomic E-state index is 13.7. The normalized spacial score (nSPS) is 14.9. The van der Waals surface area contributed by atoms with Crippen LogP contribution in [0.15, 0.2) is 109 Å². The van der Waals surface area contributed by atoms with Gasteiger partial charge in [-0.05, 0) is 119 Å². The number of carbonyl (C=O) groups is 3. The number of anilines is 2. The summed E-state index contributed by atoms with van der Waals surface area (Å²) in [5.41, 5.74) is 2.99. The largest absolute Gasteiger partial charge is 0.465 e. The highest BCUT2D eigenvalue weighted by Gasteiger charge is 2.37. The van der Waals surface area contributed by atoms with Crippen molar-refractivity contribution in [1.82, 2.24) is 10.2 Å². The molecule has 0 aliphatic carbocycles. The van der Waals surface area contributed by atoms with E-state index in [-0.39, 0.29) is 25.5 Å². The molecule has 2 aliphatic rings. The van der Waals surface area contributed by atoms with Gasteiger partial charge >= 0.3 is 18.0 Å². The summed E-state index contributed by atoms with van der Waals surface area (Å²) < 4.78 is 71.9. The maximum Gasteiger partial charge on any atom is 0.410 e. The Hall–Kier alpha value is -5.16. The van der Waals surface area contributed by atoms with E-state index in [1.54, 1.807) is 111 Å². The van der Waals surface area contributed by atoms with Crippen LogP contribution in [0.3, 0.4) is 0 Å². The lowest BCUT2D eigenvalue weighted by atomic mass is 10.1. The van der Waals surface area contributed by atoms with Gasteiger partial charge in [-0.25, -0.2) is 31.2 Å². The number of nitrogens with one attached hydrogen (secondary N) is 1. The topological polar surface area (TPSA) is 169 Å². The number of piperidine rings is 2. The van der Waals surface area contributed by atoms with Gasteiger partial charge in [0.25, 0.3) is 0 Å². The number of ether oxygens (including phenoxy) is 3. The van der Waals surface area contributed by atoms with Crippen LogP contribution in [0.1, 0.15) is 78.3 Å². The number of sulfonamides is 2. The fourth-order valence-electron chi connectivity index (χ4n) is 7.02. The second-order valence-corrected chi connectivity index (χ2v) is 20.0. The second-order valence-electron chi connectivity index (χ2n) is 15.8. The van der Waals surface area contributed by atoms with E-state index in [2.05, 4.69) is 5.32 Å². The smallest absolute Gasteiger partial charge is 0.410 e. The van der Waals surface area contributed by atoms with Gasteiger partial charge in [0.05, 0.1) is 60.3 Å². The van der Waals surface area contributed by atoms with Gasteiger partial charge in [0.15, 0.2) is 0 Å². The van der Waals surface area contributed by atoms with Crippen LogP contribution in [0.25, 0.3) is 0 Å². The Bertz CT molecular complexity index is 2280. The second kappa shape index (κ2) is 22.3. The summed E-state index contributed by atoms with van der Waals surface area (Å²) in [6, 6.07) is 31.6. The molecule has 2 fully saturated rings. The number of hydrogen-bond donors (Lipinski definition) is 1. The van der Waals surface area contributed by atoms with Crippen LogP contribution in [-0.4, -0.2) is 96.3 Å². The minimum Gasteiger partial charge on any atom is -0.465 e. The van der Waals surface area contributed by atoms with E-state index in [9.17, 15) is 31.2 Å². The van der Waals surface area contributed by atoms with Gasteiger partial charge in [-0.3, -0.25) is 8.61 Å². The third kappa shape index (κ3) is 13.2. The van der Waals surface area contributed by atoms with Crippen molar-refractivity contribution < 1.29 is 45.4 Å². The maximum absolute atomic E-state index is 13.7. The molecule has 6 rings (SSSR count). The van der Waals surface area contributed by atoms with Crippen molar-refractivity contribution in [2.24, 2.45) is 0 Å².